The second kappa shape index (κ2) is 13.5. The Morgan fingerprint density at radius 2 is 1.65 bits per heavy atom. The summed E-state index contributed by atoms with van der Waals surface area (Å²) in [7, 11) is 0. The van der Waals surface area contributed by atoms with Gasteiger partial charge in [0.2, 0.25) is 0 Å². The number of carbonyl (C=O) groups excluding carboxylic acids is 2. The maximum absolute atomic E-state index is 12.1. The van der Waals surface area contributed by atoms with Gasteiger partial charge in [-0.25, -0.2) is 0 Å². The van der Waals surface area contributed by atoms with E-state index in [1.165, 1.54) is 32.1 Å². The van der Waals surface area contributed by atoms with E-state index in [1.807, 2.05) is 13.0 Å². The van der Waals surface area contributed by atoms with Crippen LogP contribution in [0, 0.1) is 0 Å². The third-order valence-corrected chi connectivity index (χ3v) is 4.74. The molecule has 1 aliphatic rings. The molecule has 0 aromatic rings. The fourth-order valence-corrected chi connectivity index (χ4v) is 3.16. The zero-order valence-corrected chi connectivity index (χ0v) is 16.1. The molecular weight excluding hydrogens is 328 g/mol. The molecule has 146 valence electrons. The van der Waals surface area contributed by atoms with E-state index >= 15 is 0 Å². The van der Waals surface area contributed by atoms with Crippen molar-refractivity contribution in [2.75, 3.05) is 0 Å². The fraction of sp³-hybridized carbons (Fsp3) is 0.636. The maximum Gasteiger partial charge on any atom is 0.170 e. The van der Waals surface area contributed by atoms with E-state index < -0.39 is 11.9 Å². The Balaban J connectivity index is 2.04. The summed E-state index contributed by atoms with van der Waals surface area (Å²) in [6, 6.07) is 0. The third-order valence-electron chi connectivity index (χ3n) is 4.74. The lowest BCUT2D eigenvalue weighted by Crippen LogP contribution is -2.27. The van der Waals surface area contributed by atoms with Crippen molar-refractivity contribution in [3.8, 4) is 0 Å². The van der Waals surface area contributed by atoms with Crippen LogP contribution in [0.3, 0.4) is 0 Å². The van der Waals surface area contributed by atoms with Crippen molar-refractivity contribution in [3.63, 3.8) is 0 Å². The van der Waals surface area contributed by atoms with E-state index in [0.717, 1.165) is 25.7 Å². The maximum atomic E-state index is 12.1. The number of rotatable bonds is 13. The summed E-state index contributed by atoms with van der Waals surface area (Å²) >= 11 is 0. The van der Waals surface area contributed by atoms with Crippen LogP contribution in [0.1, 0.15) is 84.0 Å². The summed E-state index contributed by atoms with van der Waals surface area (Å²) in [4.78, 5) is 23.9. The van der Waals surface area contributed by atoms with Gasteiger partial charge >= 0.3 is 0 Å². The monoisotopic (exact) mass is 362 g/mol. The van der Waals surface area contributed by atoms with Gasteiger partial charge in [-0.2, -0.15) is 0 Å². The van der Waals surface area contributed by atoms with Gasteiger partial charge in [-0.1, -0.05) is 62.8 Å². The number of unbranched alkanes of at least 4 members (excludes halogenated alkanes) is 8. The zero-order chi connectivity index (χ0) is 19.2. The minimum atomic E-state index is -1.06. The summed E-state index contributed by atoms with van der Waals surface area (Å²) in [6.45, 7) is 2.02. The molecule has 0 fully saturated rings. The average Bonchev–Trinajstić information content (AvgIpc) is 2.62. The van der Waals surface area contributed by atoms with Crippen LogP contribution in [-0.2, 0) is 9.59 Å². The molecule has 0 aromatic heterocycles. The fourth-order valence-electron chi connectivity index (χ4n) is 3.16. The summed E-state index contributed by atoms with van der Waals surface area (Å²) in [5.41, 5.74) is -0.160. The van der Waals surface area contributed by atoms with Crippen molar-refractivity contribution in [3.05, 3.63) is 35.6 Å². The molecule has 0 spiro atoms. The number of aliphatic hydroxyl groups is 2. The Morgan fingerprint density at radius 3 is 2.31 bits per heavy atom. The number of hydrogen-bond donors (Lipinski definition) is 2. The molecule has 0 radical (unpaired) electrons. The topological polar surface area (TPSA) is 74.6 Å². The van der Waals surface area contributed by atoms with Crippen molar-refractivity contribution in [1.82, 2.24) is 0 Å². The number of Topliss-reactive ketones (excluding diaryl/α,β-unsaturated/α-hetero) is 2. The quantitative estimate of drug-likeness (QED) is 0.271. The van der Waals surface area contributed by atoms with E-state index in [0.29, 0.717) is 0 Å². The lowest BCUT2D eigenvalue weighted by Gasteiger charge is -2.18. The number of ketones is 2. The second-order valence-corrected chi connectivity index (χ2v) is 6.98. The van der Waals surface area contributed by atoms with E-state index in [-0.39, 0.29) is 36.4 Å². The second-order valence-electron chi connectivity index (χ2n) is 6.98. The summed E-state index contributed by atoms with van der Waals surface area (Å²) in [5, 5.41) is 19.3. The Labute approximate surface area is 157 Å². The molecule has 4 heteroatoms. The molecule has 2 N–H and O–H groups in total. The van der Waals surface area contributed by atoms with E-state index in [4.69, 9.17) is 0 Å². The standard InChI is InChI=1S/C22H34O4/c1-2-3-4-5-6-7-8-9-10-11-12-13-14-15-18(23)21-19(24)16-17-20(25)22(21)26/h2-5,20,25-26H,6-17H2,1H3. The highest BCUT2D eigenvalue weighted by Crippen LogP contribution is 2.23. The largest absolute Gasteiger partial charge is 0.509 e. The first-order valence-corrected chi connectivity index (χ1v) is 10.0. The highest BCUT2D eigenvalue weighted by molar-refractivity contribution is 6.21. The molecule has 1 rings (SSSR count). The van der Waals surface area contributed by atoms with Gasteiger partial charge < -0.3 is 10.2 Å². The van der Waals surface area contributed by atoms with E-state index in [1.54, 1.807) is 0 Å². The van der Waals surface area contributed by atoms with Crippen LogP contribution in [0.25, 0.3) is 0 Å². The average molecular weight is 363 g/mol. The lowest BCUT2D eigenvalue weighted by molar-refractivity contribution is -0.123. The van der Waals surface area contributed by atoms with Crippen LogP contribution in [0.2, 0.25) is 0 Å². The van der Waals surface area contributed by atoms with Crippen molar-refractivity contribution < 1.29 is 19.8 Å². The molecule has 1 aliphatic carbocycles. The van der Waals surface area contributed by atoms with Gasteiger partial charge in [-0.3, -0.25) is 9.59 Å². The molecule has 0 saturated heterocycles. The Kier molecular flexibility index (Phi) is 11.6. The van der Waals surface area contributed by atoms with Gasteiger partial charge in [-0.05, 0) is 32.6 Å². The van der Waals surface area contributed by atoms with Crippen molar-refractivity contribution in [2.24, 2.45) is 0 Å². The van der Waals surface area contributed by atoms with Crippen molar-refractivity contribution in [2.45, 2.75) is 90.1 Å². The Hall–Kier alpha value is -1.68. The van der Waals surface area contributed by atoms with Crippen LogP contribution < -0.4 is 0 Å². The minimum absolute atomic E-state index is 0.136. The van der Waals surface area contributed by atoms with E-state index in [9.17, 15) is 19.8 Å². The number of aliphatic hydroxyl groups excluding tert-OH is 2. The predicted molar refractivity (Wildman–Crippen MR) is 105 cm³/mol. The number of hydrogen-bond acceptors (Lipinski definition) is 4. The first kappa shape index (κ1) is 22.4. The SMILES string of the molecule is CC=CC=CCCCCCCCCCCC(=O)C1=C(O)C(O)CCC1=O. The van der Waals surface area contributed by atoms with Crippen LogP contribution in [0.4, 0.5) is 0 Å². The van der Waals surface area contributed by atoms with Crippen LogP contribution >= 0.6 is 0 Å². The molecule has 4 nitrogen and oxygen atoms in total. The summed E-state index contributed by atoms with van der Waals surface area (Å²) in [6.07, 6.45) is 18.0. The molecule has 1 atom stereocenters. The molecule has 0 aromatic carbocycles. The lowest BCUT2D eigenvalue weighted by atomic mass is 9.89. The molecule has 0 aliphatic heterocycles. The van der Waals surface area contributed by atoms with Gasteiger partial charge in [0.15, 0.2) is 11.6 Å². The molecule has 0 heterocycles. The summed E-state index contributed by atoms with van der Waals surface area (Å²) in [5.74, 6) is -1.08. The molecule has 1 unspecified atom stereocenters. The van der Waals surface area contributed by atoms with Crippen LogP contribution in [0.5, 0.6) is 0 Å². The van der Waals surface area contributed by atoms with Gasteiger partial charge in [0.05, 0.1) is 0 Å². The highest BCUT2D eigenvalue weighted by Gasteiger charge is 2.30. The molecule has 0 saturated carbocycles. The van der Waals surface area contributed by atoms with Crippen LogP contribution in [-0.4, -0.2) is 27.9 Å². The van der Waals surface area contributed by atoms with Gasteiger partial charge in [0.25, 0.3) is 0 Å². The zero-order valence-electron chi connectivity index (χ0n) is 16.1. The molecular formula is C22H34O4. The van der Waals surface area contributed by atoms with Gasteiger partial charge in [-0.15, -0.1) is 0 Å². The molecule has 26 heavy (non-hydrogen) atoms. The first-order chi connectivity index (χ1) is 12.6. The number of allylic oxidation sites excluding steroid dienone is 5. The highest BCUT2D eigenvalue weighted by atomic mass is 16.3. The molecule has 0 bridgehead atoms. The van der Waals surface area contributed by atoms with Crippen LogP contribution in [0.15, 0.2) is 35.6 Å². The normalized spacial score (nSPS) is 18.4. The van der Waals surface area contributed by atoms with Crippen molar-refractivity contribution in [1.29, 1.82) is 0 Å². The van der Waals surface area contributed by atoms with Gasteiger partial charge in [0.1, 0.15) is 17.4 Å². The first-order valence-electron chi connectivity index (χ1n) is 10.0. The Bertz CT molecular complexity index is 528. The third kappa shape index (κ3) is 8.61. The number of carbonyl (C=O) groups is 2. The molecule has 0 amide bonds. The van der Waals surface area contributed by atoms with E-state index in [2.05, 4.69) is 18.2 Å². The smallest absolute Gasteiger partial charge is 0.170 e. The summed E-state index contributed by atoms with van der Waals surface area (Å²) < 4.78 is 0. The van der Waals surface area contributed by atoms with Crippen molar-refractivity contribution >= 4 is 11.6 Å². The minimum Gasteiger partial charge on any atom is -0.509 e. The predicted octanol–water partition coefficient (Wildman–Crippen LogP) is 5.12. The van der Waals surface area contributed by atoms with Gasteiger partial charge in [0, 0.05) is 12.8 Å². The Morgan fingerprint density at radius 1 is 1.04 bits per heavy atom.